The molecule has 4 rings (SSSR count). The average Bonchev–Trinajstić information content (AvgIpc) is 2.74. The van der Waals surface area contributed by atoms with Gasteiger partial charge in [0.2, 0.25) is 0 Å². The van der Waals surface area contributed by atoms with Crippen LogP contribution in [0.25, 0.3) is 10.8 Å². The molecular weight excluding hydrogens is 355 g/mol. The lowest BCUT2D eigenvalue weighted by atomic mass is 10.0. The van der Waals surface area contributed by atoms with Crippen LogP contribution in [-0.2, 0) is 6.54 Å². The second kappa shape index (κ2) is 7.98. The first-order valence-electron chi connectivity index (χ1n) is 9.59. The van der Waals surface area contributed by atoms with Crippen molar-refractivity contribution in [3.8, 4) is 5.75 Å². The Kier molecular flexibility index (Phi) is 5.26. The Labute approximate surface area is 164 Å². The molecule has 0 atom stereocenters. The summed E-state index contributed by atoms with van der Waals surface area (Å²) in [5.41, 5.74) is 1.76. The molecule has 0 radical (unpaired) electrons. The first-order valence-corrected chi connectivity index (χ1v) is 9.59. The molecule has 4 nitrogen and oxygen atoms in total. The SMILES string of the molecule is COc1ccc2ccccc2c1C[NH+]1CCN(C(=O)c2ccc(F)cc2)CC1. The third-order valence-electron chi connectivity index (χ3n) is 5.49. The number of hydrogen-bond acceptors (Lipinski definition) is 2. The number of nitrogens with zero attached hydrogens (tertiary/aromatic N) is 1. The fourth-order valence-electron chi connectivity index (χ4n) is 3.92. The Morgan fingerprint density at radius 2 is 1.75 bits per heavy atom. The van der Waals surface area contributed by atoms with Gasteiger partial charge in [-0.3, -0.25) is 4.79 Å². The van der Waals surface area contributed by atoms with Gasteiger partial charge in [-0.15, -0.1) is 0 Å². The van der Waals surface area contributed by atoms with Gasteiger partial charge >= 0.3 is 0 Å². The minimum atomic E-state index is -0.324. The molecule has 0 aromatic heterocycles. The van der Waals surface area contributed by atoms with E-state index < -0.39 is 0 Å². The highest BCUT2D eigenvalue weighted by Gasteiger charge is 2.26. The lowest BCUT2D eigenvalue weighted by Gasteiger charge is -2.32. The number of ether oxygens (including phenoxy) is 1. The van der Waals surface area contributed by atoms with Crippen LogP contribution in [0.4, 0.5) is 4.39 Å². The number of quaternary nitrogens is 1. The van der Waals surface area contributed by atoms with E-state index in [2.05, 4.69) is 24.3 Å². The summed E-state index contributed by atoms with van der Waals surface area (Å²) in [7, 11) is 1.71. The lowest BCUT2D eigenvalue weighted by molar-refractivity contribution is -0.917. The number of carbonyl (C=O) groups excluding carboxylic acids is 1. The molecule has 0 bridgehead atoms. The van der Waals surface area contributed by atoms with Crippen molar-refractivity contribution in [1.82, 2.24) is 4.90 Å². The highest BCUT2D eigenvalue weighted by Crippen LogP contribution is 2.27. The van der Waals surface area contributed by atoms with Gasteiger partial charge in [0.1, 0.15) is 18.1 Å². The predicted molar refractivity (Wildman–Crippen MR) is 107 cm³/mol. The molecule has 28 heavy (non-hydrogen) atoms. The largest absolute Gasteiger partial charge is 0.496 e. The lowest BCUT2D eigenvalue weighted by Crippen LogP contribution is -3.13. The van der Waals surface area contributed by atoms with Gasteiger partial charge in [0.15, 0.2) is 0 Å². The Morgan fingerprint density at radius 1 is 1.04 bits per heavy atom. The summed E-state index contributed by atoms with van der Waals surface area (Å²) in [5.74, 6) is 0.563. The zero-order chi connectivity index (χ0) is 19.5. The smallest absolute Gasteiger partial charge is 0.254 e. The van der Waals surface area contributed by atoms with Gasteiger partial charge in [0, 0.05) is 5.56 Å². The number of benzene rings is 3. The summed E-state index contributed by atoms with van der Waals surface area (Å²) < 4.78 is 18.7. The normalized spacial score (nSPS) is 15.0. The number of rotatable bonds is 4. The number of piperazine rings is 1. The molecule has 3 aromatic rings. The molecule has 144 valence electrons. The summed E-state index contributed by atoms with van der Waals surface area (Å²) >= 11 is 0. The van der Waals surface area contributed by atoms with E-state index in [-0.39, 0.29) is 11.7 Å². The molecule has 1 amide bonds. The molecule has 1 aliphatic rings. The number of amides is 1. The van der Waals surface area contributed by atoms with Gasteiger partial charge in [-0.05, 0) is 41.1 Å². The van der Waals surface area contributed by atoms with Gasteiger partial charge < -0.3 is 14.5 Å². The molecular formula is C23H24FN2O2+. The first-order chi connectivity index (χ1) is 13.7. The van der Waals surface area contributed by atoms with Gasteiger partial charge in [-0.1, -0.05) is 30.3 Å². The van der Waals surface area contributed by atoms with E-state index in [9.17, 15) is 9.18 Å². The monoisotopic (exact) mass is 379 g/mol. The van der Waals surface area contributed by atoms with Gasteiger partial charge in [0.05, 0.1) is 38.9 Å². The van der Waals surface area contributed by atoms with Crippen LogP contribution in [-0.4, -0.2) is 44.1 Å². The highest BCUT2D eigenvalue weighted by atomic mass is 19.1. The molecule has 0 unspecified atom stereocenters. The van der Waals surface area contributed by atoms with Gasteiger partial charge in [0.25, 0.3) is 5.91 Å². The number of carbonyl (C=O) groups is 1. The number of nitrogens with one attached hydrogen (secondary N) is 1. The van der Waals surface area contributed by atoms with E-state index in [1.807, 2.05) is 17.0 Å². The maximum atomic E-state index is 13.1. The summed E-state index contributed by atoms with van der Waals surface area (Å²) in [6.45, 7) is 4.00. The molecule has 1 aliphatic heterocycles. The zero-order valence-electron chi connectivity index (χ0n) is 16.0. The Balaban J connectivity index is 1.46. The quantitative estimate of drug-likeness (QED) is 0.756. The molecule has 0 aliphatic carbocycles. The maximum absolute atomic E-state index is 13.1. The number of halogens is 1. The fraction of sp³-hybridized carbons (Fsp3) is 0.261. The Hall–Kier alpha value is -2.92. The van der Waals surface area contributed by atoms with E-state index in [0.29, 0.717) is 18.7 Å². The van der Waals surface area contributed by atoms with Crippen LogP contribution in [0.1, 0.15) is 15.9 Å². The minimum absolute atomic E-state index is 0.0261. The number of fused-ring (bicyclic) bond motifs is 1. The van der Waals surface area contributed by atoms with Crippen molar-refractivity contribution in [2.75, 3.05) is 33.3 Å². The highest BCUT2D eigenvalue weighted by molar-refractivity contribution is 5.94. The predicted octanol–water partition coefficient (Wildman–Crippen LogP) is 2.53. The Morgan fingerprint density at radius 3 is 2.46 bits per heavy atom. The van der Waals surface area contributed by atoms with E-state index in [4.69, 9.17) is 4.74 Å². The van der Waals surface area contributed by atoms with Crippen molar-refractivity contribution in [1.29, 1.82) is 0 Å². The molecule has 0 saturated carbocycles. The fourth-order valence-corrected chi connectivity index (χ4v) is 3.92. The van der Waals surface area contributed by atoms with Crippen molar-refractivity contribution in [2.24, 2.45) is 0 Å². The van der Waals surface area contributed by atoms with Gasteiger partial charge in [-0.2, -0.15) is 0 Å². The maximum Gasteiger partial charge on any atom is 0.254 e. The third-order valence-corrected chi connectivity index (χ3v) is 5.49. The third kappa shape index (κ3) is 3.71. The second-order valence-electron chi connectivity index (χ2n) is 7.19. The van der Waals surface area contributed by atoms with Crippen molar-refractivity contribution in [3.05, 3.63) is 77.6 Å². The molecule has 0 spiro atoms. The second-order valence-corrected chi connectivity index (χ2v) is 7.19. The zero-order valence-corrected chi connectivity index (χ0v) is 16.0. The van der Waals surface area contributed by atoms with Crippen LogP contribution >= 0.6 is 0 Å². The van der Waals surface area contributed by atoms with E-state index in [1.54, 1.807) is 19.2 Å². The topological polar surface area (TPSA) is 34.0 Å². The summed E-state index contributed by atoms with van der Waals surface area (Å²) in [6, 6.07) is 18.3. The van der Waals surface area contributed by atoms with Crippen LogP contribution in [0, 0.1) is 5.82 Å². The molecule has 3 aromatic carbocycles. The standard InChI is InChI=1S/C23H23FN2O2/c1-28-22-11-8-17-4-2-3-5-20(17)21(22)16-25-12-14-26(15-13-25)23(27)18-6-9-19(24)10-7-18/h2-11H,12-16H2,1H3/p+1. The van der Waals surface area contributed by atoms with Crippen LogP contribution in [0.15, 0.2) is 60.7 Å². The van der Waals surface area contributed by atoms with Crippen molar-refractivity contribution < 1.29 is 18.8 Å². The number of methoxy groups -OCH3 is 1. The molecule has 1 saturated heterocycles. The summed E-state index contributed by atoms with van der Waals surface area (Å²) in [6.07, 6.45) is 0. The summed E-state index contributed by atoms with van der Waals surface area (Å²) in [4.78, 5) is 15.9. The van der Waals surface area contributed by atoms with Crippen LogP contribution in [0.5, 0.6) is 5.75 Å². The first kappa shape index (κ1) is 18.4. The molecule has 1 fully saturated rings. The summed E-state index contributed by atoms with van der Waals surface area (Å²) in [5, 5.41) is 2.43. The van der Waals surface area contributed by atoms with E-state index >= 15 is 0 Å². The van der Waals surface area contributed by atoms with Crippen molar-refractivity contribution >= 4 is 16.7 Å². The van der Waals surface area contributed by atoms with Crippen LogP contribution < -0.4 is 9.64 Å². The molecule has 1 N–H and O–H groups in total. The molecule has 1 heterocycles. The van der Waals surface area contributed by atoms with Crippen LogP contribution in [0.3, 0.4) is 0 Å². The van der Waals surface area contributed by atoms with Crippen molar-refractivity contribution in [3.63, 3.8) is 0 Å². The van der Waals surface area contributed by atoms with Gasteiger partial charge in [-0.25, -0.2) is 4.39 Å². The minimum Gasteiger partial charge on any atom is -0.496 e. The van der Waals surface area contributed by atoms with E-state index in [0.717, 1.165) is 25.4 Å². The average molecular weight is 379 g/mol. The Bertz CT molecular complexity index is 980. The number of hydrogen-bond donors (Lipinski definition) is 1. The van der Waals surface area contributed by atoms with Crippen molar-refractivity contribution in [2.45, 2.75) is 6.54 Å². The van der Waals surface area contributed by atoms with E-state index in [1.165, 1.54) is 33.4 Å². The molecule has 5 heteroatoms. The van der Waals surface area contributed by atoms with Crippen LogP contribution in [0.2, 0.25) is 0 Å².